The molecule has 2 aromatic carbocycles. The molecule has 0 atom stereocenters. The molecule has 1 N–H and O–H groups in total. The number of nitrogens with zero attached hydrogens (tertiary/aromatic N) is 1. The van der Waals surface area contributed by atoms with Crippen LogP contribution < -0.4 is 5.43 Å². The highest BCUT2D eigenvalue weighted by Gasteiger charge is 2.00. The summed E-state index contributed by atoms with van der Waals surface area (Å²) in [6.45, 7) is 0. The Morgan fingerprint density at radius 3 is 2.20 bits per heavy atom. The van der Waals surface area contributed by atoms with Crippen molar-refractivity contribution < 1.29 is 4.79 Å². The molecule has 3 heteroatoms. The topological polar surface area (TPSA) is 41.5 Å². The zero-order valence-corrected chi connectivity index (χ0v) is 11.3. The number of rotatable bonds is 6. The molecule has 0 aliphatic heterocycles. The summed E-state index contributed by atoms with van der Waals surface area (Å²) in [5.74, 6) is -0.0906. The van der Waals surface area contributed by atoms with Gasteiger partial charge in [-0.3, -0.25) is 4.79 Å². The smallest absolute Gasteiger partial charge is 0.244 e. The minimum Gasteiger partial charge on any atom is -0.273 e. The van der Waals surface area contributed by atoms with Crippen molar-refractivity contribution in [2.75, 3.05) is 0 Å². The zero-order chi connectivity index (χ0) is 14.0. The molecular formula is C17H18N2O. The Kier molecular flexibility index (Phi) is 5.53. The van der Waals surface area contributed by atoms with Gasteiger partial charge in [0.15, 0.2) is 0 Å². The van der Waals surface area contributed by atoms with E-state index in [4.69, 9.17) is 0 Å². The van der Waals surface area contributed by atoms with Crippen LogP contribution in [0.1, 0.15) is 17.5 Å². The quantitative estimate of drug-likeness (QED) is 0.634. The molecule has 2 aromatic rings. The van der Waals surface area contributed by atoms with E-state index in [1.165, 1.54) is 5.56 Å². The van der Waals surface area contributed by atoms with Gasteiger partial charge in [0.25, 0.3) is 0 Å². The second-order valence-corrected chi connectivity index (χ2v) is 4.53. The van der Waals surface area contributed by atoms with Crippen LogP contribution in [0.2, 0.25) is 0 Å². The first-order valence-corrected chi connectivity index (χ1v) is 6.73. The van der Waals surface area contributed by atoms with Crippen LogP contribution in [-0.4, -0.2) is 12.1 Å². The molecule has 0 radical (unpaired) electrons. The van der Waals surface area contributed by atoms with Gasteiger partial charge in [0.2, 0.25) is 5.91 Å². The maximum Gasteiger partial charge on any atom is 0.244 e. The Bertz CT molecular complexity index is 550. The van der Waals surface area contributed by atoms with E-state index in [0.717, 1.165) is 18.4 Å². The summed E-state index contributed by atoms with van der Waals surface area (Å²) in [6, 6.07) is 19.9. The molecule has 3 nitrogen and oxygen atoms in total. The maximum absolute atomic E-state index is 11.6. The second kappa shape index (κ2) is 7.89. The number of nitrogens with one attached hydrogen (secondary N) is 1. The first-order chi connectivity index (χ1) is 9.84. The molecule has 0 aliphatic rings. The van der Waals surface area contributed by atoms with Gasteiger partial charge in [-0.2, -0.15) is 5.10 Å². The summed E-state index contributed by atoms with van der Waals surface area (Å²) < 4.78 is 0. The second-order valence-electron chi connectivity index (χ2n) is 4.53. The van der Waals surface area contributed by atoms with Crippen LogP contribution in [0.3, 0.4) is 0 Å². The Hall–Kier alpha value is -2.42. The predicted molar refractivity (Wildman–Crippen MR) is 81.5 cm³/mol. The lowest BCUT2D eigenvalue weighted by atomic mass is 10.1. The van der Waals surface area contributed by atoms with E-state index in [9.17, 15) is 4.79 Å². The third-order valence-electron chi connectivity index (χ3n) is 2.89. The van der Waals surface area contributed by atoms with Gasteiger partial charge in [-0.05, 0) is 24.0 Å². The Morgan fingerprint density at radius 1 is 0.950 bits per heavy atom. The van der Waals surface area contributed by atoms with Crippen LogP contribution in [0.25, 0.3) is 0 Å². The van der Waals surface area contributed by atoms with Crippen LogP contribution in [0, 0.1) is 0 Å². The third kappa shape index (κ3) is 5.06. The average molecular weight is 266 g/mol. The summed E-state index contributed by atoms with van der Waals surface area (Å²) in [6.07, 6.45) is 3.85. The van der Waals surface area contributed by atoms with Crippen molar-refractivity contribution in [3.05, 3.63) is 71.8 Å². The third-order valence-corrected chi connectivity index (χ3v) is 2.89. The number of hydrazone groups is 1. The van der Waals surface area contributed by atoms with Gasteiger partial charge in [0.1, 0.15) is 0 Å². The van der Waals surface area contributed by atoms with Gasteiger partial charge in [-0.1, -0.05) is 60.7 Å². The van der Waals surface area contributed by atoms with Crippen LogP contribution in [0.15, 0.2) is 65.8 Å². The van der Waals surface area contributed by atoms with Gasteiger partial charge in [0, 0.05) is 6.21 Å². The van der Waals surface area contributed by atoms with Crippen LogP contribution in [0.5, 0.6) is 0 Å². The lowest BCUT2D eigenvalue weighted by molar-refractivity contribution is -0.120. The fourth-order valence-electron chi connectivity index (χ4n) is 1.88. The molecule has 0 saturated heterocycles. The number of hydrogen-bond acceptors (Lipinski definition) is 2. The summed E-state index contributed by atoms with van der Waals surface area (Å²) >= 11 is 0. The Labute approximate surface area is 119 Å². The fraction of sp³-hybridized carbons (Fsp3) is 0.176. The van der Waals surface area contributed by atoms with Crippen molar-refractivity contribution >= 4 is 12.1 Å². The summed E-state index contributed by atoms with van der Waals surface area (Å²) in [7, 11) is 0. The molecule has 0 heterocycles. The molecule has 0 aromatic heterocycles. The van der Waals surface area contributed by atoms with E-state index in [2.05, 4.69) is 22.7 Å². The number of carbonyl (C=O) groups excluding carboxylic acids is 1. The summed E-state index contributed by atoms with van der Waals surface area (Å²) in [5.41, 5.74) is 4.81. The number of hydrogen-bond donors (Lipinski definition) is 1. The van der Waals surface area contributed by atoms with Crippen molar-refractivity contribution in [1.82, 2.24) is 5.43 Å². The van der Waals surface area contributed by atoms with E-state index in [0.29, 0.717) is 6.42 Å². The van der Waals surface area contributed by atoms with Gasteiger partial charge in [0.05, 0.1) is 6.42 Å². The lowest BCUT2D eigenvalue weighted by Gasteiger charge is -2.00. The summed E-state index contributed by atoms with van der Waals surface area (Å²) in [5, 5.41) is 3.96. The van der Waals surface area contributed by atoms with Gasteiger partial charge in [-0.15, -0.1) is 0 Å². The van der Waals surface area contributed by atoms with E-state index in [1.54, 1.807) is 6.21 Å². The first kappa shape index (κ1) is 14.0. The highest BCUT2D eigenvalue weighted by atomic mass is 16.2. The number of carbonyl (C=O) groups is 1. The minimum atomic E-state index is -0.0906. The molecule has 0 unspecified atom stereocenters. The van der Waals surface area contributed by atoms with Crippen molar-refractivity contribution in [2.24, 2.45) is 5.10 Å². The van der Waals surface area contributed by atoms with Crippen molar-refractivity contribution in [1.29, 1.82) is 0 Å². The van der Waals surface area contributed by atoms with Crippen LogP contribution >= 0.6 is 0 Å². The highest BCUT2D eigenvalue weighted by molar-refractivity contribution is 5.79. The van der Waals surface area contributed by atoms with Crippen LogP contribution in [0.4, 0.5) is 0 Å². The van der Waals surface area contributed by atoms with Crippen LogP contribution in [-0.2, 0) is 17.6 Å². The van der Waals surface area contributed by atoms with Crippen molar-refractivity contribution in [3.8, 4) is 0 Å². The maximum atomic E-state index is 11.6. The summed E-state index contributed by atoms with van der Waals surface area (Å²) in [4.78, 5) is 11.6. The van der Waals surface area contributed by atoms with E-state index < -0.39 is 0 Å². The molecule has 0 fully saturated rings. The largest absolute Gasteiger partial charge is 0.273 e. The Morgan fingerprint density at radius 2 is 1.55 bits per heavy atom. The highest BCUT2D eigenvalue weighted by Crippen LogP contribution is 2.01. The standard InChI is InChI=1S/C17H18N2O/c20-17(14-16-10-5-2-6-11-16)19-18-13-7-12-15-8-3-1-4-9-15/h1-6,8-11,13H,7,12,14H2,(H,19,20)/b18-13-. The number of benzene rings is 2. The number of amides is 1. The molecule has 0 saturated carbocycles. The normalized spacial score (nSPS) is 10.6. The molecule has 0 bridgehead atoms. The minimum absolute atomic E-state index is 0.0906. The van der Waals surface area contributed by atoms with Gasteiger partial charge >= 0.3 is 0 Å². The fourth-order valence-corrected chi connectivity index (χ4v) is 1.88. The van der Waals surface area contributed by atoms with Gasteiger partial charge in [-0.25, -0.2) is 5.43 Å². The van der Waals surface area contributed by atoms with Crippen molar-refractivity contribution in [3.63, 3.8) is 0 Å². The van der Waals surface area contributed by atoms with Crippen molar-refractivity contribution in [2.45, 2.75) is 19.3 Å². The Balaban J connectivity index is 1.67. The zero-order valence-electron chi connectivity index (χ0n) is 11.3. The van der Waals surface area contributed by atoms with Gasteiger partial charge < -0.3 is 0 Å². The lowest BCUT2D eigenvalue weighted by Crippen LogP contribution is -2.19. The molecule has 102 valence electrons. The molecule has 1 amide bonds. The molecule has 2 rings (SSSR count). The van der Waals surface area contributed by atoms with E-state index in [1.807, 2.05) is 48.5 Å². The SMILES string of the molecule is O=C(Cc1ccccc1)N/N=C\CCc1ccccc1. The van der Waals surface area contributed by atoms with E-state index >= 15 is 0 Å². The molecule has 20 heavy (non-hydrogen) atoms. The molecule has 0 aliphatic carbocycles. The first-order valence-electron chi connectivity index (χ1n) is 6.73. The molecule has 0 spiro atoms. The molecular weight excluding hydrogens is 248 g/mol. The predicted octanol–water partition coefficient (Wildman–Crippen LogP) is 2.96. The average Bonchev–Trinajstić information content (AvgIpc) is 2.49. The van der Waals surface area contributed by atoms with E-state index in [-0.39, 0.29) is 5.91 Å². The number of aryl methyl sites for hydroxylation is 1. The monoisotopic (exact) mass is 266 g/mol.